The van der Waals surface area contributed by atoms with E-state index in [0.717, 1.165) is 22.3 Å². The molecule has 32 heavy (non-hydrogen) atoms. The van der Waals surface area contributed by atoms with Crippen LogP contribution in [0.25, 0.3) is 0 Å². The number of ether oxygens (including phenoxy) is 2. The van der Waals surface area contributed by atoms with E-state index >= 15 is 0 Å². The molecule has 0 spiro atoms. The van der Waals surface area contributed by atoms with Crippen LogP contribution >= 0.6 is 23.2 Å². The van der Waals surface area contributed by atoms with Crippen molar-refractivity contribution < 1.29 is 14.3 Å². The van der Waals surface area contributed by atoms with Gasteiger partial charge in [0, 0.05) is 15.6 Å². The van der Waals surface area contributed by atoms with Crippen molar-refractivity contribution >= 4 is 35.3 Å². The number of benzene rings is 3. The van der Waals surface area contributed by atoms with Gasteiger partial charge in [0.15, 0.2) is 11.5 Å². The van der Waals surface area contributed by atoms with E-state index in [-0.39, 0.29) is 18.9 Å². The maximum absolute atomic E-state index is 12.1. The van der Waals surface area contributed by atoms with Crippen molar-refractivity contribution in [3.63, 3.8) is 0 Å². The van der Waals surface area contributed by atoms with Crippen molar-refractivity contribution in [3.8, 4) is 11.5 Å². The number of carbonyl (C=O) groups excluding carboxylic acids is 1. The lowest BCUT2D eigenvalue weighted by Gasteiger charge is -2.13. The molecule has 5 nitrogen and oxygen atoms in total. The Bertz CT molecular complexity index is 1100. The predicted octanol–water partition coefficient (Wildman–Crippen LogP) is 5.97. The first-order valence-electron chi connectivity index (χ1n) is 10.2. The highest BCUT2D eigenvalue weighted by Crippen LogP contribution is 2.30. The van der Waals surface area contributed by atoms with E-state index in [0.29, 0.717) is 28.2 Å². The number of rotatable bonds is 9. The molecule has 0 aliphatic heterocycles. The predicted molar refractivity (Wildman–Crippen MR) is 129 cm³/mol. The van der Waals surface area contributed by atoms with Gasteiger partial charge in [0.25, 0.3) is 0 Å². The molecule has 1 amide bonds. The number of aryl methyl sites for hydroxylation is 1. The Labute approximate surface area is 198 Å². The summed E-state index contributed by atoms with van der Waals surface area (Å²) in [6.45, 7) is 4.66. The van der Waals surface area contributed by atoms with Crippen molar-refractivity contribution in [2.45, 2.75) is 26.9 Å². The van der Waals surface area contributed by atoms with Crippen molar-refractivity contribution in [1.82, 2.24) is 5.43 Å². The molecular weight excluding hydrogens is 447 g/mol. The second-order valence-electron chi connectivity index (χ2n) is 7.12. The van der Waals surface area contributed by atoms with Gasteiger partial charge >= 0.3 is 0 Å². The zero-order valence-corrected chi connectivity index (χ0v) is 19.4. The minimum absolute atomic E-state index is 0.185. The molecule has 166 valence electrons. The number of amides is 1. The Morgan fingerprint density at radius 3 is 2.50 bits per heavy atom. The summed E-state index contributed by atoms with van der Waals surface area (Å²) in [7, 11) is 0. The van der Waals surface area contributed by atoms with Gasteiger partial charge in [-0.2, -0.15) is 5.10 Å². The third-order valence-electron chi connectivity index (χ3n) is 4.55. The van der Waals surface area contributed by atoms with Gasteiger partial charge in [0.05, 0.1) is 19.2 Å². The zero-order valence-electron chi connectivity index (χ0n) is 17.9. The van der Waals surface area contributed by atoms with Gasteiger partial charge in [-0.3, -0.25) is 4.79 Å². The molecule has 0 aromatic heterocycles. The van der Waals surface area contributed by atoms with Crippen LogP contribution in [0.3, 0.4) is 0 Å². The fourth-order valence-electron chi connectivity index (χ4n) is 2.90. The summed E-state index contributed by atoms with van der Waals surface area (Å²) in [6.07, 6.45) is 1.83. The third kappa shape index (κ3) is 7.01. The third-order valence-corrected chi connectivity index (χ3v) is 5.14. The highest BCUT2D eigenvalue weighted by atomic mass is 35.5. The summed E-state index contributed by atoms with van der Waals surface area (Å²) in [5.74, 6) is 0.973. The number of hydrogen-bond donors (Lipinski definition) is 1. The molecule has 1 N–H and O–H groups in total. The molecule has 0 aliphatic carbocycles. The second-order valence-corrected chi connectivity index (χ2v) is 7.96. The van der Waals surface area contributed by atoms with Crippen LogP contribution in [0, 0.1) is 6.92 Å². The molecule has 3 aromatic rings. The summed E-state index contributed by atoms with van der Waals surface area (Å²) in [5, 5.41) is 5.16. The smallest absolute Gasteiger partial charge is 0.244 e. The van der Waals surface area contributed by atoms with Gasteiger partial charge in [-0.25, -0.2) is 5.43 Å². The van der Waals surface area contributed by atoms with Gasteiger partial charge < -0.3 is 9.47 Å². The van der Waals surface area contributed by atoms with Gasteiger partial charge in [0.2, 0.25) is 5.91 Å². The number of nitrogens with zero attached hydrogens (tertiary/aromatic N) is 1. The first-order chi connectivity index (χ1) is 15.4. The Morgan fingerprint density at radius 1 is 1.00 bits per heavy atom. The Hall–Kier alpha value is -3.02. The topological polar surface area (TPSA) is 59.9 Å². The van der Waals surface area contributed by atoms with E-state index in [1.165, 1.54) is 0 Å². The Kier molecular flexibility index (Phi) is 8.54. The van der Waals surface area contributed by atoms with Crippen molar-refractivity contribution in [1.29, 1.82) is 0 Å². The maximum atomic E-state index is 12.1. The van der Waals surface area contributed by atoms with Gasteiger partial charge in [-0.1, -0.05) is 59.1 Å². The fourth-order valence-corrected chi connectivity index (χ4v) is 3.36. The first kappa shape index (κ1) is 23.6. The average Bonchev–Trinajstić information content (AvgIpc) is 2.76. The molecule has 0 atom stereocenters. The molecule has 0 unspecified atom stereocenters. The van der Waals surface area contributed by atoms with E-state index in [1.54, 1.807) is 30.5 Å². The minimum atomic E-state index is -0.185. The largest absolute Gasteiger partial charge is 0.490 e. The molecule has 0 heterocycles. The molecule has 0 saturated heterocycles. The highest BCUT2D eigenvalue weighted by molar-refractivity contribution is 6.35. The first-order valence-corrected chi connectivity index (χ1v) is 10.9. The SMILES string of the molecule is CCOc1cc(/C=N/NC(=O)Cc2ccc(C)cc2)ccc1OCc1ccc(Cl)cc1Cl. The molecule has 0 radical (unpaired) electrons. The van der Waals surface area contributed by atoms with Crippen LogP contribution in [-0.2, 0) is 17.8 Å². The van der Waals surface area contributed by atoms with Gasteiger partial charge in [-0.05, 0) is 55.3 Å². The fraction of sp³-hybridized carbons (Fsp3) is 0.200. The lowest BCUT2D eigenvalue weighted by molar-refractivity contribution is -0.120. The van der Waals surface area contributed by atoms with E-state index in [2.05, 4.69) is 10.5 Å². The molecule has 0 bridgehead atoms. The van der Waals surface area contributed by atoms with Crippen molar-refractivity contribution in [2.24, 2.45) is 5.10 Å². The second kappa shape index (κ2) is 11.6. The van der Waals surface area contributed by atoms with E-state index in [1.807, 2.05) is 50.2 Å². The summed E-state index contributed by atoms with van der Waals surface area (Å²) < 4.78 is 11.6. The van der Waals surface area contributed by atoms with Crippen LogP contribution in [0.15, 0.2) is 65.8 Å². The Morgan fingerprint density at radius 2 is 1.78 bits per heavy atom. The van der Waals surface area contributed by atoms with Crippen LogP contribution in [0.2, 0.25) is 10.0 Å². The summed E-state index contributed by atoms with van der Waals surface area (Å²) >= 11 is 12.2. The van der Waals surface area contributed by atoms with Crippen LogP contribution in [0.4, 0.5) is 0 Å². The standard InChI is InChI=1S/C25H24Cl2N2O3/c1-3-31-24-12-19(15-28-29-25(30)13-18-6-4-17(2)5-7-18)8-11-23(24)32-16-20-9-10-21(26)14-22(20)27/h4-12,14-15H,3,13,16H2,1-2H3,(H,29,30)/b28-15+. The molecule has 3 aromatic carbocycles. The summed E-state index contributed by atoms with van der Waals surface area (Å²) in [5.41, 5.74) is 6.22. The highest BCUT2D eigenvalue weighted by Gasteiger charge is 2.09. The van der Waals surface area contributed by atoms with Crippen LogP contribution in [0.5, 0.6) is 11.5 Å². The Balaban J connectivity index is 1.61. The lowest BCUT2D eigenvalue weighted by Crippen LogP contribution is -2.19. The maximum Gasteiger partial charge on any atom is 0.244 e. The van der Waals surface area contributed by atoms with Crippen molar-refractivity contribution in [3.05, 3.63) is 93.0 Å². The van der Waals surface area contributed by atoms with Gasteiger partial charge in [0.1, 0.15) is 6.61 Å². The monoisotopic (exact) mass is 470 g/mol. The number of hydrogen-bond acceptors (Lipinski definition) is 4. The average molecular weight is 471 g/mol. The quantitative estimate of drug-likeness (QED) is 0.309. The zero-order chi connectivity index (χ0) is 22.9. The molecule has 0 aliphatic rings. The molecular formula is C25H24Cl2N2O3. The van der Waals surface area contributed by atoms with Gasteiger partial charge in [-0.15, -0.1) is 0 Å². The summed E-state index contributed by atoms with van der Waals surface area (Å²) in [6, 6.07) is 18.5. The van der Waals surface area contributed by atoms with Crippen molar-refractivity contribution in [2.75, 3.05) is 6.61 Å². The number of nitrogens with one attached hydrogen (secondary N) is 1. The van der Waals surface area contributed by atoms with Crippen LogP contribution in [-0.4, -0.2) is 18.7 Å². The van der Waals surface area contributed by atoms with E-state index < -0.39 is 0 Å². The van der Waals surface area contributed by atoms with E-state index in [9.17, 15) is 4.79 Å². The summed E-state index contributed by atoms with van der Waals surface area (Å²) in [4.78, 5) is 12.1. The minimum Gasteiger partial charge on any atom is -0.490 e. The number of halogens is 2. The normalized spacial score (nSPS) is 10.9. The molecule has 3 rings (SSSR count). The molecule has 7 heteroatoms. The van der Waals surface area contributed by atoms with E-state index in [4.69, 9.17) is 32.7 Å². The van der Waals surface area contributed by atoms with Crippen LogP contribution < -0.4 is 14.9 Å². The number of hydrazone groups is 1. The molecule has 0 saturated carbocycles. The molecule has 0 fully saturated rings. The van der Waals surface area contributed by atoms with Crippen LogP contribution in [0.1, 0.15) is 29.2 Å². The number of carbonyl (C=O) groups is 1. The lowest BCUT2D eigenvalue weighted by atomic mass is 10.1.